The predicted octanol–water partition coefficient (Wildman–Crippen LogP) is -1.20. The molecule has 0 saturated heterocycles. The molecule has 0 aromatic heterocycles. The number of benzene rings is 1. The zero-order valence-corrected chi connectivity index (χ0v) is 13.6. The molecule has 0 fully saturated rings. The van der Waals surface area contributed by atoms with Crippen molar-refractivity contribution in [2.75, 3.05) is 17.8 Å². The van der Waals surface area contributed by atoms with Crippen molar-refractivity contribution in [3.63, 3.8) is 0 Å². The van der Waals surface area contributed by atoms with Crippen molar-refractivity contribution >= 4 is 29.9 Å². The van der Waals surface area contributed by atoms with Gasteiger partial charge in [0, 0.05) is 12.8 Å². The van der Waals surface area contributed by atoms with E-state index >= 15 is 0 Å². The molecule has 8 nitrogen and oxygen atoms in total. The van der Waals surface area contributed by atoms with E-state index in [0.717, 1.165) is 6.26 Å². The van der Waals surface area contributed by atoms with E-state index in [9.17, 15) is 25.3 Å². The van der Waals surface area contributed by atoms with Gasteiger partial charge in [-0.3, -0.25) is 0 Å². The van der Waals surface area contributed by atoms with Gasteiger partial charge in [-0.1, -0.05) is 12.1 Å². The van der Waals surface area contributed by atoms with Crippen molar-refractivity contribution < 1.29 is 25.3 Å². The van der Waals surface area contributed by atoms with Gasteiger partial charge in [0.25, 0.3) is 0 Å². The fourth-order valence-electron chi connectivity index (χ4n) is 1.32. The average Bonchev–Trinajstić information content (AvgIpc) is 2.33. The fourth-order valence-corrected chi connectivity index (χ4v) is 4.46. The molecule has 21 heavy (non-hydrogen) atoms. The van der Waals surface area contributed by atoms with Crippen molar-refractivity contribution in [3.8, 4) is 0 Å². The minimum Gasteiger partial charge on any atom is -0.229 e. The monoisotopic (exact) mass is 356 g/mol. The normalized spacial score (nSPS) is 13.2. The van der Waals surface area contributed by atoms with Crippen LogP contribution in [0.25, 0.3) is 0 Å². The lowest BCUT2D eigenvalue weighted by atomic mass is 10.2. The van der Waals surface area contributed by atoms with Gasteiger partial charge in [-0.15, -0.1) is 0 Å². The highest BCUT2D eigenvalue weighted by atomic mass is 32.2. The van der Waals surface area contributed by atoms with Gasteiger partial charge in [0.15, 0.2) is 0 Å². The molecule has 0 heterocycles. The third kappa shape index (κ3) is 7.00. The zero-order chi connectivity index (χ0) is 16.3. The van der Waals surface area contributed by atoms with E-state index in [-0.39, 0.29) is 11.4 Å². The van der Waals surface area contributed by atoms with Crippen LogP contribution in [0.4, 0.5) is 0 Å². The molecule has 1 rings (SSSR count). The summed E-state index contributed by atoms with van der Waals surface area (Å²) in [5.74, 6) is -0.992. The number of sulfonamides is 2. The van der Waals surface area contributed by atoms with Crippen LogP contribution in [-0.2, 0) is 36.4 Å². The third-order valence-electron chi connectivity index (χ3n) is 2.47. The number of hydrogen-bond donors (Lipinski definition) is 2. The van der Waals surface area contributed by atoms with Crippen LogP contribution in [0, 0.1) is 0 Å². The Hall–Kier alpha value is -1.01. The van der Waals surface area contributed by atoms with Crippen molar-refractivity contribution in [1.29, 1.82) is 0 Å². The molecule has 11 heteroatoms. The van der Waals surface area contributed by atoms with Crippen LogP contribution >= 0.6 is 0 Å². The summed E-state index contributed by atoms with van der Waals surface area (Å²) in [4.78, 5) is -0.0776. The molecular formula is C10H16N2O6S3. The third-order valence-corrected chi connectivity index (χ3v) is 5.93. The fraction of sp³-hybridized carbons (Fsp3) is 0.400. The minimum absolute atomic E-state index is 0.0724. The highest BCUT2D eigenvalue weighted by Crippen LogP contribution is 2.08. The van der Waals surface area contributed by atoms with Crippen LogP contribution in [0.3, 0.4) is 0 Å². The van der Waals surface area contributed by atoms with Crippen LogP contribution < -0.4 is 9.86 Å². The van der Waals surface area contributed by atoms with E-state index in [1.807, 2.05) is 0 Å². The Labute approximate surface area is 124 Å². The lowest BCUT2D eigenvalue weighted by Crippen LogP contribution is -2.29. The number of primary sulfonamides is 1. The summed E-state index contributed by atoms with van der Waals surface area (Å²) in [6, 6.07) is 5.35. The molecule has 0 atom stereocenters. The van der Waals surface area contributed by atoms with Crippen molar-refractivity contribution in [1.82, 2.24) is 4.72 Å². The second kappa shape index (κ2) is 6.40. The van der Waals surface area contributed by atoms with Gasteiger partial charge in [0.05, 0.1) is 16.4 Å². The quantitative estimate of drug-likeness (QED) is 0.628. The second-order valence-electron chi connectivity index (χ2n) is 4.46. The molecular weight excluding hydrogens is 340 g/mol. The van der Waals surface area contributed by atoms with E-state index in [1.165, 1.54) is 24.3 Å². The Kier molecular flexibility index (Phi) is 5.50. The molecule has 0 radical (unpaired) electrons. The summed E-state index contributed by atoms with van der Waals surface area (Å²) in [5.41, 5.74) is 0.519. The van der Waals surface area contributed by atoms with Crippen LogP contribution in [0.5, 0.6) is 0 Å². The summed E-state index contributed by atoms with van der Waals surface area (Å²) in [6.45, 7) is -0.0724. The maximum Gasteiger partial charge on any atom is 0.238 e. The first-order chi connectivity index (χ1) is 9.39. The van der Waals surface area contributed by atoms with Crippen molar-refractivity contribution in [2.24, 2.45) is 5.14 Å². The van der Waals surface area contributed by atoms with Gasteiger partial charge >= 0.3 is 0 Å². The molecule has 0 spiro atoms. The molecule has 0 amide bonds. The highest BCUT2D eigenvalue weighted by Gasteiger charge is 2.14. The minimum atomic E-state index is -3.79. The molecule has 0 saturated carbocycles. The summed E-state index contributed by atoms with van der Waals surface area (Å²) in [7, 11) is -10.9. The highest BCUT2D eigenvalue weighted by molar-refractivity contribution is 7.93. The van der Waals surface area contributed by atoms with Crippen LogP contribution in [0.2, 0.25) is 0 Å². The second-order valence-corrected chi connectivity index (χ2v) is 10.2. The molecule has 0 aliphatic carbocycles. The van der Waals surface area contributed by atoms with Gasteiger partial charge in [-0.2, -0.15) is 0 Å². The Balaban J connectivity index is 2.67. The van der Waals surface area contributed by atoms with Crippen LogP contribution in [0.15, 0.2) is 29.2 Å². The number of nitrogens with two attached hydrogens (primary N) is 1. The average molecular weight is 356 g/mol. The van der Waals surface area contributed by atoms with Gasteiger partial charge < -0.3 is 0 Å². The van der Waals surface area contributed by atoms with Crippen LogP contribution in [0.1, 0.15) is 5.56 Å². The summed E-state index contributed by atoms with van der Waals surface area (Å²) in [6.07, 6.45) is 0.953. The smallest absolute Gasteiger partial charge is 0.229 e. The van der Waals surface area contributed by atoms with Crippen molar-refractivity contribution in [3.05, 3.63) is 29.8 Å². The van der Waals surface area contributed by atoms with Crippen LogP contribution in [-0.4, -0.2) is 43.0 Å². The van der Waals surface area contributed by atoms with E-state index in [2.05, 4.69) is 4.72 Å². The lowest BCUT2D eigenvalue weighted by molar-refractivity contribution is 0.578. The molecule has 1 aromatic rings. The SMILES string of the molecule is CS(=O)(=O)CCS(=O)(=O)NCc1ccc(S(N)(=O)=O)cc1. The van der Waals surface area contributed by atoms with Gasteiger partial charge in [-0.05, 0) is 17.7 Å². The number of rotatable bonds is 7. The van der Waals surface area contributed by atoms with E-state index < -0.39 is 41.4 Å². The van der Waals surface area contributed by atoms with Gasteiger partial charge in [0.1, 0.15) is 9.84 Å². The summed E-state index contributed by atoms with van der Waals surface area (Å²) < 4.78 is 69.3. The molecule has 0 aliphatic heterocycles. The number of nitrogens with one attached hydrogen (secondary N) is 1. The first-order valence-corrected chi connectivity index (χ1v) is 10.9. The molecule has 120 valence electrons. The largest absolute Gasteiger partial charge is 0.238 e. The first kappa shape index (κ1) is 18.0. The molecule has 0 bridgehead atoms. The Morgan fingerprint density at radius 3 is 1.90 bits per heavy atom. The van der Waals surface area contributed by atoms with Crippen molar-refractivity contribution in [2.45, 2.75) is 11.4 Å². The molecule has 0 unspecified atom stereocenters. The number of hydrogen-bond acceptors (Lipinski definition) is 6. The van der Waals surface area contributed by atoms with E-state index in [1.54, 1.807) is 0 Å². The lowest BCUT2D eigenvalue weighted by Gasteiger charge is -2.07. The Bertz CT molecular complexity index is 795. The van der Waals surface area contributed by atoms with Gasteiger partial charge in [-0.25, -0.2) is 35.1 Å². The standard InChI is InChI=1S/C10H16N2O6S3/c1-19(13,14)6-7-20(15,16)12-8-9-2-4-10(5-3-9)21(11,17)18/h2-5,12H,6-8H2,1H3,(H2,11,17,18). The zero-order valence-electron chi connectivity index (χ0n) is 11.2. The summed E-state index contributed by atoms with van der Waals surface area (Å²) in [5, 5.41) is 4.93. The molecule has 1 aromatic carbocycles. The summed E-state index contributed by atoms with van der Waals surface area (Å²) >= 11 is 0. The maximum absolute atomic E-state index is 11.6. The van der Waals surface area contributed by atoms with Gasteiger partial charge in [0.2, 0.25) is 20.0 Å². The Morgan fingerprint density at radius 2 is 1.48 bits per heavy atom. The topological polar surface area (TPSA) is 140 Å². The Morgan fingerprint density at radius 1 is 0.952 bits per heavy atom. The van der Waals surface area contributed by atoms with E-state index in [4.69, 9.17) is 5.14 Å². The predicted molar refractivity (Wildman–Crippen MR) is 78.2 cm³/mol. The maximum atomic E-state index is 11.6. The molecule has 0 aliphatic rings. The number of sulfone groups is 1. The molecule has 3 N–H and O–H groups in total. The van der Waals surface area contributed by atoms with E-state index in [0.29, 0.717) is 5.56 Å². The first-order valence-electron chi connectivity index (χ1n) is 5.66.